The van der Waals surface area contributed by atoms with Crippen molar-refractivity contribution in [3.05, 3.63) is 27.6 Å². The number of quaternary nitrogens is 1. The number of benzene rings is 1. The number of rotatable bonds is 5. The normalized spacial score (nSPS) is 12.6. The van der Waals surface area contributed by atoms with Gasteiger partial charge in [-0.15, -0.1) is 0 Å². The van der Waals surface area contributed by atoms with E-state index in [2.05, 4.69) is 4.18 Å². The Balaban J connectivity index is 3.36. The molecule has 1 N–H and O–H groups in total. The maximum atomic E-state index is 12.2. The summed E-state index contributed by atoms with van der Waals surface area (Å²) in [4.78, 5) is 0. The van der Waals surface area contributed by atoms with Gasteiger partial charge in [0.1, 0.15) is 5.75 Å². The van der Waals surface area contributed by atoms with Crippen LogP contribution in [-0.2, 0) is 10.1 Å². The zero-order chi connectivity index (χ0) is 16.4. The van der Waals surface area contributed by atoms with Crippen LogP contribution in [0.2, 0.25) is 5.02 Å². The Labute approximate surface area is 122 Å². The number of halogens is 4. The molecule has 0 aliphatic carbocycles. The maximum Gasteiger partial charge on any atom is 0.534 e. The highest BCUT2D eigenvalue weighted by Gasteiger charge is 2.49. The molecule has 0 aromatic heterocycles. The average molecular weight is 351 g/mol. The summed E-state index contributed by atoms with van der Waals surface area (Å²) in [5, 5.41) is 19.4. The Kier molecular flexibility index (Phi) is 5.28. The summed E-state index contributed by atoms with van der Waals surface area (Å²) in [6.07, 6.45) is 0. The fourth-order valence-corrected chi connectivity index (χ4v) is 1.88. The van der Waals surface area contributed by atoms with Gasteiger partial charge < -0.3 is 24.6 Å². The van der Waals surface area contributed by atoms with Crippen LogP contribution >= 0.6 is 11.6 Å². The lowest BCUT2D eigenvalue weighted by Crippen LogP contribution is -2.96. The summed E-state index contributed by atoms with van der Waals surface area (Å²) in [5.74, 6) is -1.35. The summed E-state index contributed by atoms with van der Waals surface area (Å²) in [5.41, 5.74) is -6.68. The van der Waals surface area contributed by atoms with Crippen molar-refractivity contribution in [2.45, 2.75) is 12.4 Å². The summed E-state index contributed by atoms with van der Waals surface area (Å²) < 4.78 is 67.3. The number of hydrogen-bond acceptors (Lipinski definition) is 6. The Bertz CT molecular complexity index is 619. The zero-order valence-corrected chi connectivity index (χ0v) is 11.8. The van der Waals surface area contributed by atoms with Crippen molar-refractivity contribution >= 4 is 27.4 Å². The summed E-state index contributed by atoms with van der Waals surface area (Å²) in [7, 11) is -6.04. The zero-order valence-electron chi connectivity index (χ0n) is 10.2. The Morgan fingerprint density at radius 1 is 1.29 bits per heavy atom. The molecule has 0 spiro atoms. The van der Waals surface area contributed by atoms with Gasteiger partial charge in [0.2, 0.25) is 5.75 Å². The highest BCUT2D eigenvalue weighted by atomic mass is 35.5. The Hall–Kier alpha value is -1.27. The van der Waals surface area contributed by atoms with E-state index in [1.54, 1.807) is 0 Å². The molecule has 0 amide bonds. The molecule has 12 heteroatoms. The number of ether oxygens (including phenoxy) is 1. The lowest BCUT2D eigenvalue weighted by atomic mass is 10.3. The minimum Gasteiger partial charge on any atom is -0.628 e. The second-order valence-corrected chi connectivity index (χ2v) is 5.43. The van der Waals surface area contributed by atoms with Crippen LogP contribution in [0.15, 0.2) is 12.1 Å². The van der Waals surface area contributed by atoms with Crippen molar-refractivity contribution in [1.29, 1.82) is 0 Å². The summed E-state index contributed by atoms with van der Waals surface area (Å²) in [6.45, 7) is 1.58. The molecule has 0 radical (unpaired) electrons. The van der Waals surface area contributed by atoms with E-state index in [1.807, 2.05) is 0 Å². The molecule has 1 aromatic carbocycles. The number of alkyl halides is 3. The molecule has 0 saturated carbocycles. The molecule has 0 heterocycles. The van der Waals surface area contributed by atoms with Crippen LogP contribution in [0.3, 0.4) is 0 Å². The van der Waals surface area contributed by atoms with Gasteiger partial charge >= 0.3 is 15.6 Å². The van der Waals surface area contributed by atoms with Gasteiger partial charge in [0.05, 0.1) is 11.6 Å². The summed E-state index contributed by atoms with van der Waals surface area (Å²) in [6, 6.07) is 1.30. The van der Waals surface area contributed by atoms with Crippen LogP contribution in [0.4, 0.5) is 18.9 Å². The van der Waals surface area contributed by atoms with Crippen molar-refractivity contribution in [1.82, 2.24) is 0 Å². The minimum absolute atomic E-state index is 0.0514. The van der Waals surface area contributed by atoms with Gasteiger partial charge in [-0.1, -0.05) is 11.6 Å². The first-order valence-corrected chi connectivity index (χ1v) is 6.96. The molecule has 0 aliphatic rings. The van der Waals surface area contributed by atoms with Crippen molar-refractivity contribution in [3.8, 4) is 11.5 Å². The van der Waals surface area contributed by atoms with Gasteiger partial charge in [-0.3, -0.25) is 0 Å². The summed E-state index contributed by atoms with van der Waals surface area (Å²) >= 11 is 5.64. The molecule has 21 heavy (non-hydrogen) atoms. The van der Waals surface area contributed by atoms with E-state index < -0.39 is 32.3 Å². The first kappa shape index (κ1) is 17.8. The molecule has 1 rings (SSSR count). The van der Waals surface area contributed by atoms with Gasteiger partial charge in [0.15, 0.2) is 5.69 Å². The molecule has 1 aromatic rings. The van der Waals surface area contributed by atoms with E-state index in [0.29, 0.717) is 12.1 Å². The molecular weight excluding hydrogens is 343 g/mol. The third-order valence-corrected chi connectivity index (χ3v) is 3.30. The van der Waals surface area contributed by atoms with E-state index in [-0.39, 0.29) is 17.4 Å². The molecule has 0 saturated heterocycles. The molecule has 120 valence electrons. The smallest absolute Gasteiger partial charge is 0.534 e. The Morgan fingerprint density at radius 2 is 1.86 bits per heavy atom. The predicted octanol–water partition coefficient (Wildman–Crippen LogP) is 1.48. The molecule has 0 bridgehead atoms. The van der Waals surface area contributed by atoms with E-state index in [1.165, 1.54) is 6.92 Å². The second kappa shape index (κ2) is 6.23. The highest BCUT2D eigenvalue weighted by molar-refractivity contribution is 7.88. The molecule has 0 atom stereocenters. The van der Waals surface area contributed by atoms with E-state index >= 15 is 0 Å². The number of nitrogens with one attached hydrogen (secondary N) is 1. The van der Waals surface area contributed by atoms with E-state index in [0.717, 1.165) is 0 Å². The number of hydrogen-bond donors (Lipinski definition) is 1. The molecular formula is C9H8ClF3NO6S-. The van der Waals surface area contributed by atoms with Crippen molar-refractivity contribution in [2.24, 2.45) is 0 Å². The third kappa shape index (κ3) is 4.11. The van der Waals surface area contributed by atoms with Crippen LogP contribution in [-0.4, -0.2) is 20.5 Å². The van der Waals surface area contributed by atoms with Gasteiger partial charge in [-0.2, -0.15) is 21.6 Å². The van der Waals surface area contributed by atoms with Gasteiger partial charge in [0, 0.05) is 12.1 Å². The Morgan fingerprint density at radius 3 is 2.29 bits per heavy atom. The monoisotopic (exact) mass is 350 g/mol. The lowest BCUT2D eigenvalue weighted by Gasteiger charge is -2.27. The average Bonchev–Trinajstić information content (AvgIpc) is 2.31. The molecule has 0 aliphatic heterocycles. The second-order valence-electron chi connectivity index (χ2n) is 3.48. The lowest BCUT2D eigenvalue weighted by molar-refractivity contribution is -0.715. The largest absolute Gasteiger partial charge is 0.628 e. The standard InChI is InChI=1S/C9H8ClF3NO6S/c1-2-19-7-4-8(6(14(15)16)3-5(7)10)20-21(17,18)9(11,12)13/h3-4,14H,2H2,1H3/q-1. The molecule has 0 fully saturated rings. The van der Waals surface area contributed by atoms with Crippen LogP contribution in [0.5, 0.6) is 11.5 Å². The third-order valence-electron chi connectivity index (χ3n) is 2.04. The highest BCUT2D eigenvalue weighted by Crippen LogP contribution is 2.37. The molecule has 7 nitrogen and oxygen atoms in total. The van der Waals surface area contributed by atoms with Gasteiger partial charge in [0.25, 0.3) is 0 Å². The molecule has 0 unspecified atom stereocenters. The predicted molar refractivity (Wildman–Crippen MR) is 65.6 cm³/mol. The van der Waals surface area contributed by atoms with Gasteiger partial charge in [-0.25, -0.2) is 0 Å². The van der Waals surface area contributed by atoms with Crippen LogP contribution in [0.25, 0.3) is 0 Å². The fraction of sp³-hybridized carbons (Fsp3) is 0.333. The van der Waals surface area contributed by atoms with Crippen LogP contribution < -0.4 is 14.1 Å². The van der Waals surface area contributed by atoms with Crippen molar-refractivity contribution < 1.29 is 35.7 Å². The van der Waals surface area contributed by atoms with E-state index in [4.69, 9.17) is 16.3 Å². The van der Waals surface area contributed by atoms with Crippen LogP contribution in [0.1, 0.15) is 6.92 Å². The maximum absolute atomic E-state index is 12.2. The first-order chi connectivity index (χ1) is 9.49. The van der Waals surface area contributed by atoms with Gasteiger partial charge in [-0.05, 0) is 6.92 Å². The van der Waals surface area contributed by atoms with Crippen LogP contribution in [0, 0.1) is 10.4 Å². The van der Waals surface area contributed by atoms with E-state index in [9.17, 15) is 32.0 Å². The topological polar surface area (TPSA) is 103 Å². The minimum atomic E-state index is -6.04. The first-order valence-electron chi connectivity index (χ1n) is 5.18. The quantitative estimate of drug-likeness (QED) is 0.490. The van der Waals surface area contributed by atoms with Crippen molar-refractivity contribution in [2.75, 3.05) is 6.61 Å². The fourth-order valence-electron chi connectivity index (χ4n) is 1.19. The SMILES string of the molecule is CCOc1cc(OS(=O)(=O)C(F)(F)F)c([NH+]([O-])[O-])cc1Cl. The van der Waals surface area contributed by atoms with Crippen molar-refractivity contribution in [3.63, 3.8) is 0 Å².